The predicted molar refractivity (Wildman–Crippen MR) is 97.0 cm³/mol. The average Bonchev–Trinajstić information content (AvgIpc) is 2.96. The monoisotopic (exact) mass is 354 g/mol. The first-order chi connectivity index (χ1) is 12.4. The lowest BCUT2D eigenvalue weighted by Gasteiger charge is -1.94. The molecule has 1 aliphatic rings. The summed E-state index contributed by atoms with van der Waals surface area (Å²) in [5.74, 6) is -2.69. The number of esters is 2. The highest BCUT2D eigenvalue weighted by atomic mass is 16.6. The Bertz CT molecular complexity index is 808. The number of aliphatic hydroxyl groups is 1. The molecular formula is C20H18O6. The first-order valence-corrected chi connectivity index (χ1v) is 7.47. The molecule has 6 heteroatoms. The molecule has 0 unspecified atom stereocenters. The van der Waals surface area contributed by atoms with Crippen molar-refractivity contribution in [2.45, 2.75) is 0 Å². The summed E-state index contributed by atoms with van der Waals surface area (Å²) in [6, 6.07) is 13.7. The predicted octanol–water partition coefficient (Wildman–Crippen LogP) is 3.19. The number of fused-ring (bicyclic) bond motifs is 1. The van der Waals surface area contributed by atoms with Crippen LogP contribution in [-0.2, 0) is 4.74 Å². The van der Waals surface area contributed by atoms with E-state index in [-0.39, 0.29) is 23.3 Å². The van der Waals surface area contributed by atoms with Crippen LogP contribution in [0.5, 0.6) is 0 Å². The molecule has 26 heavy (non-hydrogen) atoms. The number of rotatable bonds is 3. The van der Waals surface area contributed by atoms with Crippen molar-refractivity contribution in [2.24, 2.45) is 0 Å². The molecule has 0 fully saturated rings. The molecule has 1 aliphatic heterocycles. The molecule has 0 atom stereocenters. The number of cyclic esters (lactones) is 2. The molecule has 2 aromatic carbocycles. The van der Waals surface area contributed by atoms with Crippen LogP contribution in [-0.4, -0.2) is 34.7 Å². The van der Waals surface area contributed by atoms with Crippen molar-refractivity contribution in [3.05, 3.63) is 90.0 Å². The van der Waals surface area contributed by atoms with E-state index in [2.05, 4.69) is 17.9 Å². The van der Waals surface area contributed by atoms with Gasteiger partial charge in [-0.25, -0.2) is 14.4 Å². The SMILES string of the molecule is C=CCO.C=Cc1ccccc1.O=C(O)c1ccc2c(c1)C(=O)OC2=O. The number of benzene rings is 2. The molecule has 0 saturated heterocycles. The second-order valence-corrected chi connectivity index (χ2v) is 4.83. The fourth-order valence-electron chi connectivity index (χ4n) is 1.81. The molecule has 2 N–H and O–H groups in total. The number of carbonyl (C=O) groups is 3. The molecule has 0 bridgehead atoms. The number of aromatic carboxylic acids is 1. The van der Waals surface area contributed by atoms with Gasteiger partial charge < -0.3 is 14.9 Å². The highest BCUT2D eigenvalue weighted by molar-refractivity contribution is 6.15. The molecule has 0 saturated carbocycles. The molecule has 0 spiro atoms. The van der Waals surface area contributed by atoms with Gasteiger partial charge in [0.25, 0.3) is 0 Å². The molecule has 0 aliphatic carbocycles. The van der Waals surface area contributed by atoms with Gasteiger partial charge in [0.15, 0.2) is 0 Å². The van der Waals surface area contributed by atoms with Crippen molar-refractivity contribution >= 4 is 24.0 Å². The molecule has 0 aromatic heterocycles. The van der Waals surface area contributed by atoms with Gasteiger partial charge in [-0.1, -0.05) is 49.1 Å². The molecule has 0 radical (unpaired) electrons. The Hall–Kier alpha value is -3.51. The van der Waals surface area contributed by atoms with Gasteiger partial charge in [-0.15, -0.1) is 6.58 Å². The third kappa shape index (κ3) is 5.85. The van der Waals surface area contributed by atoms with Crippen molar-refractivity contribution in [3.8, 4) is 0 Å². The molecule has 1 heterocycles. The zero-order valence-corrected chi connectivity index (χ0v) is 13.9. The number of carboxylic acids is 1. The fraction of sp³-hybridized carbons (Fsp3) is 0.0500. The van der Waals surface area contributed by atoms with Crippen LogP contribution in [0.2, 0.25) is 0 Å². The van der Waals surface area contributed by atoms with Crippen LogP contribution >= 0.6 is 0 Å². The molecule has 0 amide bonds. The number of ether oxygens (including phenoxy) is 1. The second kappa shape index (κ2) is 10.4. The van der Waals surface area contributed by atoms with Crippen LogP contribution < -0.4 is 0 Å². The summed E-state index contributed by atoms with van der Waals surface area (Å²) in [7, 11) is 0. The standard InChI is InChI=1S/C9H4O5.C8H8.C3H6O/c10-7(11)4-1-2-5-6(3-4)9(13)14-8(5)12;1-2-8-6-4-3-5-7-8;1-2-3-4/h1-3H,(H,10,11);2-7H,1H2;2,4H,1,3H2. The van der Waals surface area contributed by atoms with Crippen LogP contribution in [0.3, 0.4) is 0 Å². The van der Waals surface area contributed by atoms with Gasteiger partial charge in [-0.3, -0.25) is 0 Å². The summed E-state index contributed by atoms with van der Waals surface area (Å²) in [4.78, 5) is 32.5. The number of hydrogen-bond donors (Lipinski definition) is 2. The maximum absolute atomic E-state index is 11.0. The van der Waals surface area contributed by atoms with Crippen LogP contribution in [0.4, 0.5) is 0 Å². The highest BCUT2D eigenvalue weighted by Crippen LogP contribution is 2.20. The van der Waals surface area contributed by atoms with E-state index >= 15 is 0 Å². The van der Waals surface area contributed by atoms with Crippen molar-refractivity contribution in [3.63, 3.8) is 0 Å². The van der Waals surface area contributed by atoms with Crippen molar-refractivity contribution in [1.29, 1.82) is 0 Å². The molecule has 6 nitrogen and oxygen atoms in total. The zero-order chi connectivity index (χ0) is 19.5. The third-order valence-corrected chi connectivity index (χ3v) is 3.06. The van der Waals surface area contributed by atoms with E-state index in [1.807, 2.05) is 36.4 Å². The topological polar surface area (TPSA) is 101 Å². The second-order valence-electron chi connectivity index (χ2n) is 4.83. The Balaban J connectivity index is 0.000000238. The lowest BCUT2D eigenvalue weighted by atomic mass is 10.1. The van der Waals surface area contributed by atoms with Crippen molar-refractivity contribution < 1.29 is 29.3 Å². The van der Waals surface area contributed by atoms with Crippen LogP contribution in [0.15, 0.2) is 67.8 Å². The largest absolute Gasteiger partial charge is 0.478 e. The minimum absolute atomic E-state index is 0.00917. The van der Waals surface area contributed by atoms with E-state index in [4.69, 9.17) is 10.2 Å². The van der Waals surface area contributed by atoms with Gasteiger partial charge in [0, 0.05) is 0 Å². The number of aliphatic hydroxyl groups excluding tert-OH is 1. The summed E-state index contributed by atoms with van der Waals surface area (Å²) < 4.78 is 4.30. The Kier molecular flexibility index (Phi) is 8.19. The van der Waals surface area contributed by atoms with E-state index in [0.717, 1.165) is 6.07 Å². The van der Waals surface area contributed by atoms with Crippen LogP contribution in [0, 0.1) is 0 Å². The van der Waals surface area contributed by atoms with Gasteiger partial charge >= 0.3 is 17.9 Å². The third-order valence-electron chi connectivity index (χ3n) is 3.06. The van der Waals surface area contributed by atoms with Gasteiger partial charge in [-0.05, 0) is 23.8 Å². The summed E-state index contributed by atoms with van der Waals surface area (Å²) >= 11 is 0. The zero-order valence-electron chi connectivity index (χ0n) is 13.9. The van der Waals surface area contributed by atoms with E-state index in [1.54, 1.807) is 0 Å². The van der Waals surface area contributed by atoms with Crippen molar-refractivity contribution in [1.82, 2.24) is 0 Å². The van der Waals surface area contributed by atoms with Gasteiger partial charge in [0.05, 0.1) is 23.3 Å². The summed E-state index contributed by atoms with van der Waals surface area (Å²) in [6.07, 6.45) is 3.26. The average molecular weight is 354 g/mol. The van der Waals surface area contributed by atoms with Crippen molar-refractivity contribution in [2.75, 3.05) is 6.61 Å². The highest BCUT2D eigenvalue weighted by Gasteiger charge is 2.30. The first-order valence-electron chi connectivity index (χ1n) is 7.47. The maximum atomic E-state index is 11.0. The summed E-state index contributed by atoms with van der Waals surface area (Å²) in [5, 5.41) is 16.4. The quantitative estimate of drug-likeness (QED) is 0.499. The fourth-order valence-corrected chi connectivity index (χ4v) is 1.81. The maximum Gasteiger partial charge on any atom is 0.346 e. The molecular weight excluding hydrogens is 336 g/mol. The lowest BCUT2D eigenvalue weighted by molar-refractivity contribution is 0.0443. The van der Waals surface area contributed by atoms with Gasteiger partial charge in [0.2, 0.25) is 0 Å². The Labute approximate surface area is 150 Å². The Morgan fingerprint density at radius 2 is 1.58 bits per heavy atom. The Morgan fingerprint density at radius 1 is 1.00 bits per heavy atom. The lowest BCUT2D eigenvalue weighted by Crippen LogP contribution is -2.00. The first kappa shape index (κ1) is 20.5. The summed E-state index contributed by atoms with van der Waals surface area (Å²) in [5.41, 5.74) is 1.25. The Morgan fingerprint density at radius 3 is 2.04 bits per heavy atom. The van der Waals surface area contributed by atoms with E-state index in [0.29, 0.717) is 0 Å². The number of carboxylic acid groups (broad SMARTS) is 1. The molecule has 134 valence electrons. The smallest absolute Gasteiger partial charge is 0.346 e. The van der Waals surface area contributed by atoms with Gasteiger partial charge in [0.1, 0.15) is 0 Å². The van der Waals surface area contributed by atoms with Crippen LogP contribution in [0.25, 0.3) is 6.08 Å². The summed E-state index contributed by atoms with van der Waals surface area (Å²) in [6.45, 7) is 6.94. The normalized spacial score (nSPS) is 11.0. The minimum Gasteiger partial charge on any atom is -0.478 e. The number of carbonyl (C=O) groups excluding carboxylic acids is 2. The minimum atomic E-state index is -1.15. The molecule has 2 aromatic rings. The van der Waals surface area contributed by atoms with Gasteiger partial charge in [-0.2, -0.15) is 0 Å². The van der Waals surface area contributed by atoms with E-state index < -0.39 is 17.9 Å². The van der Waals surface area contributed by atoms with Crippen LogP contribution in [0.1, 0.15) is 36.6 Å². The number of hydrogen-bond acceptors (Lipinski definition) is 5. The van der Waals surface area contributed by atoms with E-state index in [9.17, 15) is 14.4 Å². The van der Waals surface area contributed by atoms with E-state index in [1.165, 1.54) is 23.8 Å². The molecule has 3 rings (SSSR count).